The lowest BCUT2D eigenvalue weighted by Gasteiger charge is -2.37. The van der Waals surface area contributed by atoms with Crippen LogP contribution in [-0.2, 0) is 6.42 Å². The number of nitrogens with one attached hydrogen (secondary N) is 1. The Hall–Kier alpha value is -2.38. The van der Waals surface area contributed by atoms with E-state index in [1.165, 1.54) is 16.7 Å². The third-order valence-corrected chi connectivity index (χ3v) is 6.05. The normalized spacial score (nSPS) is 14.8. The molecule has 2 unspecified atom stereocenters. The molecule has 0 amide bonds. The minimum atomic E-state index is 0.0472. The van der Waals surface area contributed by atoms with Crippen molar-refractivity contribution < 1.29 is 0 Å². The van der Waals surface area contributed by atoms with Crippen molar-refractivity contribution in [2.24, 2.45) is 5.92 Å². The van der Waals surface area contributed by atoms with Gasteiger partial charge in [-0.15, -0.1) is 0 Å². The quantitative estimate of drug-likeness (QED) is 0.286. The van der Waals surface area contributed by atoms with Gasteiger partial charge < -0.3 is 5.32 Å². The summed E-state index contributed by atoms with van der Waals surface area (Å²) in [6, 6.07) is 19.3. The molecule has 0 spiro atoms. The van der Waals surface area contributed by atoms with Crippen molar-refractivity contribution in [1.82, 2.24) is 5.32 Å². The molecular formula is C29H39N. The summed E-state index contributed by atoms with van der Waals surface area (Å²) in [6.07, 6.45) is 13.5. The van der Waals surface area contributed by atoms with Gasteiger partial charge in [0.15, 0.2) is 0 Å². The maximum absolute atomic E-state index is 4.36. The lowest BCUT2D eigenvalue weighted by molar-refractivity contribution is 0.246. The van der Waals surface area contributed by atoms with Crippen LogP contribution >= 0.6 is 0 Å². The van der Waals surface area contributed by atoms with E-state index in [-0.39, 0.29) is 5.54 Å². The van der Waals surface area contributed by atoms with E-state index in [1.807, 2.05) is 0 Å². The monoisotopic (exact) mass is 401 g/mol. The number of rotatable bonds is 12. The molecule has 0 bridgehead atoms. The zero-order valence-electron chi connectivity index (χ0n) is 19.3. The molecule has 0 aliphatic heterocycles. The van der Waals surface area contributed by atoms with Crippen LogP contribution in [0.25, 0.3) is 5.57 Å². The topological polar surface area (TPSA) is 12.0 Å². The molecule has 30 heavy (non-hydrogen) atoms. The molecule has 2 rings (SSSR count). The fraction of sp³-hybridized carbons (Fsp3) is 0.379. The summed E-state index contributed by atoms with van der Waals surface area (Å²) in [5.74, 6) is 0.420. The van der Waals surface area contributed by atoms with Gasteiger partial charge in [0.2, 0.25) is 0 Å². The Kier molecular flexibility index (Phi) is 9.83. The zero-order valence-corrected chi connectivity index (χ0v) is 19.3. The summed E-state index contributed by atoms with van der Waals surface area (Å²) >= 11 is 0. The fourth-order valence-corrected chi connectivity index (χ4v) is 4.18. The zero-order chi connectivity index (χ0) is 21.8. The van der Waals surface area contributed by atoms with Gasteiger partial charge in [-0.1, -0.05) is 98.8 Å². The van der Waals surface area contributed by atoms with E-state index in [0.717, 1.165) is 37.8 Å². The van der Waals surface area contributed by atoms with Crippen molar-refractivity contribution in [3.8, 4) is 0 Å². The number of hydrogen-bond acceptors (Lipinski definition) is 1. The van der Waals surface area contributed by atoms with Gasteiger partial charge in [-0.05, 0) is 68.2 Å². The maximum atomic E-state index is 4.36. The van der Waals surface area contributed by atoms with E-state index in [2.05, 4.69) is 118 Å². The Morgan fingerprint density at radius 1 is 1.10 bits per heavy atom. The lowest BCUT2D eigenvalue weighted by Crippen LogP contribution is -2.48. The van der Waals surface area contributed by atoms with Crippen LogP contribution in [0.2, 0.25) is 0 Å². The summed E-state index contributed by atoms with van der Waals surface area (Å²) in [7, 11) is 0. The molecule has 160 valence electrons. The molecule has 1 heteroatoms. The first kappa shape index (κ1) is 23.9. The van der Waals surface area contributed by atoms with Crippen LogP contribution < -0.4 is 5.32 Å². The molecule has 2 atom stereocenters. The van der Waals surface area contributed by atoms with Gasteiger partial charge in [-0.2, -0.15) is 0 Å². The van der Waals surface area contributed by atoms with Gasteiger partial charge in [-0.3, -0.25) is 0 Å². The third-order valence-electron chi connectivity index (χ3n) is 6.05. The second kappa shape index (κ2) is 12.3. The van der Waals surface area contributed by atoms with Crippen LogP contribution in [0.1, 0.15) is 56.7 Å². The molecule has 0 saturated heterocycles. The molecule has 0 radical (unpaired) electrons. The molecule has 2 aromatic rings. The van der Waals surface area contributed by atoms with Gasteiger partial charge in [0.1, 0.15) is 0 Å². The average Bonchev–Trinajstić information content (AvgIpc) is 2.75. The van der Waals surface area contributed by atoms with E-state index in [9.17, 15) is 0 Å². The van der Waals surface area contributed by atoms with Crippen LogP contribution in [0.15, 0.2) is 85.5 Å². The molecule has 1 N–H and O–H groups in total. The second-order valence-corrected chi connectivity index (χ2v) is 8.45. The van der Waals surface area contributed by atoms with Gasteiger partial charge in [-0.25, -0.2) is 0 Å². The summed E-state index contributed by atoms with van der Waals surface area (Å²) in [5, 5.41) is 3.84. The van der Waals surface area contributed by atoms with Gasteiger partial charge in [0.05, 0.1) is 0 Å². The molecule has 0 aromatic heterocycles. The van der Waals surface area contributed by atoms with Gasteiger partial charge in [0.25, 0.3) is 0 Å². The van der Waals surface area contributed by atoms with Crippen LogP contribution in [0.5, 0.6) is 0 Å². The standard InChI is InChI=1S/C29H39N/c1-6-8-23-30-29(5,22-7-2)27(21-19-26-15-10-9-11-16-26)20-18-25(4)28-17-13-12-14-24(28)3/h6,8-18,20,27,30H,4,7,19,21-23H2,1-3,5H3/b8-6+,20-18-. The lowest BCUT2D eigenvalue weighted by atomic mass is 9.78. The maximum Gasteiger partial charge on any atom is 0.0218 e. The smallest absolute Gasteiger partial charge is 0.0218 e. The molecule has 0 aliphatic carbocycles. The molecule has 0 fully saturated rings. The van der Waals surface area contributed by atoms with Crippen molar-refractivity contribution in [1.29, 1.82) is 0 Å². The van der Waals surface area contributed by atoms with E-state index >= 15 is 0 Å². The fourth-order valence-electron chi connectivity index (χ4n) is 4.18. The molecule has 1 nitrogen and oxygen atoms in total. The first-order chi connectivity index (χ1) is 14.5. The highest BCUT2D eigenvalue weighted by molar-refractivity contribution is 5.74. The van der Waals surface area contributed by atoms with Crippen molar-refractivity contribution in [3.05, 3.63) is 102 Å². The summed E-state index contributed by atoms with van der Waals surface area (Å²) in [6.45, 7) is 14.2. The van der Waals surface area contributed by atoms with Crippen LogP contribution in [0.4, 0.5) is 0 Å². The van der Waals surface area contributed by atoms with E-state index in [0.29, 0.717) is 5.92 Å². The summed E-state index contributed by atoms with van der Waals surface area (Å²) in [5.41, 5.74) is 5.04. The van der Waals surface area contributed by atoms with Crippen molar-refractivity contribution >= 4 is 5.57 Å². The molecule has 2 aromatic carbocycles. The molecule has 0 heterocycles. The Labute approximate surface area is 184 Å². The largest absolute Gasteiger partial charge is 0.307 e. The van der Waals surface area contributed by atoms with Crippen LogP contribution in [0.3, 0.4) is 0 Å². The number of allylic oxidation sites excluding steroid dienone is 3. The Morgan fingerprint density at radius 3 is 2.47 bits per heavy atom. The third kappa shape index (κ3) is 7.15. The minimum absolute atomic E-state index is 0.0472. The Balaban J connectivity index is 2.25. The Bertz CT molecular complexity index is 830. The summed E-state index contributed by atoms with van der Waals surface area (Å²) in [4.78, 5) is 0. The van der Waals surface area contributed by atoms with Crippen LogP contribution in [0, 0.1) is 12.8 Å². The highest BCUT2D eigenvalue weighted by atomic mass is 15.0. The molecule has 0 saturated carbocycles. The summed E-state index contributed by atoms with van der Waals surface area (Å²) < 4.78 is 0. The second-order valence-electron chi connectivity index (χ2n) is 8.45. The Morgan fingerprint density at radius 2 is 1.80 bits per heavy atom. The van der Waals surface area contributed by atoms with E-state index in [1.54, 1.807) is 0 Å². The predicted molar refractivity (Wildman–Crippen MR) is 134 cm³/mol. The average molecular weight is 402 g/mol. The van der Waals surface area contributed by atoms with Gasteiger partial charge in [0, 0.05) is 12.1 Å². The first-order valence-corrected chi connectivity index (χ1v) is 11.3. The van der Waals surface area contributed by atoms with Gasteiger partial charge >= 0.3 is 0 Å². The molecule has 0 aliphatic rings. The highest BCUT2D eigenvalue weighted by Gasteiger charge is 2.30. The van der Waals surface area contributed by atoms with Crippen molar-refractivity contribution in [2.45, 2.75) is 58.9 Å². The van der Waals surface area contributed by atoms with Crippen molar-refractivity contribution in [2.75, 3.05) is 6.54 Å². The molecular weight excluding hydrogens is 362 g/mol. The number of benzene rings is 2. The van der Waals surface area contributed by atoms with E-state index in [4.69, 9.17) is 0 Å². The number of aryl methyl sites for hydroxylation is 2. The minimum Gasteiger partial charge on any atom is -0.307 e. The van der Waals surface area contributed by atoms with Crippen molar-refractivity contribution in [3.63, 3.8) is 0 Å². The highest BCUT2D eigenvalue weighted by Crippen LogP contribution is 2.30. The predicted octanol–water partition coefficient (Wildman–Crippen LogP) is 7.54. The van der Waals surface area contributed by atoms with Crippen LogP contribution in [-0.4, -0.2) is 12.1 Å². The SMILES string of the molecule is C=C(/C=C\C(CCc1ccccc1)C(C)(CCC)NC/C=C/C)c1ccccc1C. The van der Waals surface area contributed by atoms with E-state index < -0.39 is 0 Å². The number of hydrogen-bond donors (Lipinski definition) is 1. The first-order valence-electron chi connectivity index (χ1n) is 11.3.